The molecule has 1 aromatic carbocycles. The number of nitrogens with zero attached hydrogens (tertiary/aromatic N) is 2. The average Bonchev–Trinajstić information content (AvgIpc) is 3.09. The Bertz CT molecular complexity index is 879. The van der Waals surface area contributed by atoms with Crippen LogP contribution >= 0.6 is 11.6 Å². The van der Waals surface area contributed by atoms with Gasteiger partial charge in [0.15, 0.2) is 0 Å². The molecule has 2 unspecified atom stereocenters. The lowest BCUT2D eigenvalue weighted by molar-refractivity contribution is -0.145. The highest BCUT2D eigenvalue weighted by Crippen LogP contribution is 2.61. The van der Waals surface area contributed by atoms with Gasteiger partial charge >= 0.3 is 12.1 Å². The molecule has 0 radical (unpaired) electrons. The van der Waals surface area contributed by atoms with Crippen molar-refractivity contribution in [1.82, 2.24) is 4.90 Å². The number of hydrogen-bond donors (Lipinski definition) is 2. The first-order valence-corrected chi connectivity index (χ1v) is 10.8. The van der Waals surface area contributed by atoms with Crippen molar-refractivity contribution in [3.63, 3.8) is 0 Å². The maximum absolute atomic E-state index is 13.3. The molecule has 2 heterocycles. The van der Waals surface area contributed by atoms with Crippen molar-refractivity contribution in [1.29, 1.82) is 0 Å². The molecule has 2 saturated heterocycles. The van der Waals surface area contributed by atoms with E-state index in [0.29, 0.717) is 10.7 Å². The number of halogens is 1. The van der Waals surface area contributed by atoms with Crippen LogP contribution in [0.2, 0.25) is 5.02 Å². The topological polar surface area (TPSA) is 98.1 Å². The number of benzene rings is 1. The minimum Gasteiger partial charge on any atom is -0.480 e. The predicted molar refractivity (Wildman–Crippen MR) is 118 cm³/mol. The summed E-state index contributed by atoms with van der Waals surface area (Å²) in [5.41, 5.74) is -1.37. The molecule has 4 atom stereocenters. The molecule has 3 rings (SSSR count). The van der Waals surface area contributed by atoms with Gasteiger partial charge in [0.05, 0.1) is 0 Å². The number of carboxylic acid groups (broad SMARTS) is 2. The molecule has 2 aliphatic heterocycles. The molecule has 0 aliphatic carbocycles. The Morgan fingerprint density at radius 2 is 1.71 bits per heavy atom. The van der Waals surface area contributed by atoms with Crippen molar-refractivity contribution < 1.29 is 24.6 Å². The van der Waals surface area contributed by atoms with E-state index in [1.807, 2.05) is 41.5 Å². The van der Waals surface area contributed by atoms with Gasteiger partial charge in [-0.25, -0.2) is 9.59 Å². The quantitative estimate of drug-likeness (QED) is 0.686. The number of carbonyl (C=O) groups excluding carboxylic acids is 1. The van der Waals surface area contributed by atoms with Crippen LogP contribution in [0, 0.1) is 22.2 Å². The molecule has 7 nitrogen and oxygen atoms in total. The van der Waals surface area contributed by atoms with Crippen LogP contribution in [-0.4, -0.2) is 51.7 Å². The van der Waals surface area contributed by atoms with Gasteiger partial charge in [-0.3, -0.25) is 9.69 Å². The number of hydrogen-bond acceptors (Lipinski definition) is 3. The highest BCUT2D eigenvalue weighted by Gasteiger charge is 2.70. The summed E-state index contributed by atoms with van der Waals surface area (Å²) in [5.74, 6) is -1.89. The Hall–Kier alpha value is -2.28. The third kappa shape index (κ3) is 3.77. The van der Waals surface area contributed by atoms with Gasteiger partial charge in [-0.2, -0.15) is 0 Å². The van der Waals surface area contributed by atoms with E-state index in [0.717, 1.165) is 4.90 Å². The largest absolute Gasteiger partial charge is 0.480 e. The maximum Gasteiger partial charge on any atom is 0.408 e. The van der Waals surface area contributed by atoms with Gasteiger partial charge in [-0.1, -0.05) is 59.2 Å². The van der Waals surface area contributed by atoms with Crippen molar-refractivity contribution in [3.8, 4) is 0 Å². The Labute approximate surface area is 188 Å². The Morgan fingerprint density at radius 3 is 2.16 bits per heavy atom. The smallest absolute Gasteiger partial charge is 0.408 e. The zero-order valence-corrected chi connectivity index (χ0v) is 19.6. The second kappa shape index (κ2) is 7.40. The molecule has 1 spiro atoms. The van der Waals surface area contributed by atoms with E-state index in [9.17, 15) is 24.6 Å². The number of likely N-dealkylation sites (tertiary alicyclic amines) is 1. The second-order valence-corrected chi connectivity index (χ2v) is 11.4. The van der Waals surface area contributed by atoms with Crippen molar-refractivity contribution in [3.05, 3.63) is 29.3 Å². The number of aliphatic carboxylic acids is 1. The number of carboxylic acids is 1. The fourth-order valence-electron chi connectivity index (χ4n) is 6.28. The molecule has 2 N–H and O–H groups in total. The van der Waals surface area contributed by atoms with Crippen molar-refractivity contribution in [2.75, 3.05) is 11.4 Å². The lowest BCUT2D eigenvalue weighted by Crippen LogP contribution is -2.53. The first-order valence-electron chi connectivity index (χ1n) is 10.4. The number of anilines is 1. The lowest BCUT2D eigenvalue weighted by Gasteiger charge is -2.46. The van der Waals surface area contributed by atoms with Crippen LogP contribution in [0.15, 0.2) is 24.3 Å². The van der Waals surface area contributed by atoms with Gasteiger partial charge in [0, 0.05) is 41.1 Å². The highest BCUT2D eigenvalue weighted by atomic mass is 35.5. The fourth-order valence-corrected chi connectivity index (χ4v) is 6.46. The van der Waals surface area contributed by atoms with E-state index < -0.39 is 46.3 Å². The molecule has 31 heavy (non-hydrogen) atoms. The standard InChI is InChI=1S/C23H31ClN2O5/c1-21(2,3)17-16(18(28)29)26(20(30)31)19(22(4,5)6)23(17)11-15(27)25(12-23)14-9-7-8-13(24)10-14/h7-10,16-17,19H,11-12H2,1-6H3,(H,28,29)(H,30,31)/t16-,17?,19?,23+/m0/s1. The molecule has 8 heteroatoms. The Morgan fingerprint density at radius 1 is 1.10 bits per heavy atom. The van der Waals surface area contributed by atoms with Gasteiger partial charge in [0.25, 0.3) is 0 Å². The first-order chi connectivity index (χ1) is 14.1. The summed E-state index contributed by atoms with van der Waals surface area (Å²) in [7, 11) is 0. The van der Waals surface area contributed by atoms with Crippen LogP contribution in [0.3, 0.4) is 0 Å². The highest BCUT2D eigenvalue weighted by molar-refractivity contribution is 6.30. The monoisotopic (exact) mass is 450 g/mol. The SMILES string of the molecule is CC(C)(C)C1[C@@H](C(=O)O)N(C(=O)O)C(C(C)(C)C)[C@@]12CC(=O)N(c1cccc(Cl)c1)C2. The summed E-state index contributed by atoms with van der Waals surface area (Å²) in [5, 5.41) is 20.8. The van der Waals surface area contributed by atoms with Gasteiger partial charge in [-0.05, 0) is 29.0 Å². The molecule has 2 fully saturated rings. The van der Waals surface area contributed by atoms with Gasteiger partial charge in [0.1, 0.15) is 6.04 Å². The number of rotatable bonds is 2. The van der Waals surface area contributed by atoms with E-state index >= 15 is 0 Å². The Kier molecular flexibility index (Phi) is 5.58. The average molecular weight is 451 g/mol. The van der Waals surface area contributed by atoms with Crippen LogP contribution in [-0.2, 0) is 9.59 Å². The summed E-state index contributed by atoms with van der Waals surface area (Å²) in [4.78, 5) is 40.9. The summed E-state index contributed by atoms with van der Waals surface area (Å²) >= 11 is 6.15. The van der Waals surface area contributed by atoms with E-state index in [4.69, 9.17) is 11.6 Å². The number of carbonyl (C=O) groups is 3. The molecular weight excluding hydrogens is 420 g/mol. The molecular formula is C23H31ClN2O5. The van der Waals surface area contributed by atoms with Gasteiger partial charge < -0.3 is 15.1 Å². The Balaban J connectivity index is 2.26. The van der Waals surface area contributed by atoms with Crippen LogP contribution in [0.5, 0.6) is 0 Å². The van der Waals surface area contributed by atoms with E-state index in [2.05, 4.69) is 0 Å². The zero-order valence-electron chi connectivity index (χ0n) is 18.8. The molecule has 1 aromatic rings. The minimum atomic E-state index is -1.27. The third-order valence-electron chi connectivity index (χ3n) is 6.64. The zero-order chi connectivity index (χ0) is 23.5. The normalized spacial score (nSPS) is 29.1. The summed E-state index contributed by atoms with van der Waals surface area (Å²) in [6.45, 7) is 11.7. The number of amides is 2. The van der Waals surface area contributed by atoms with Crippen molar-refractivity contribution >= 4 is 35.3 Å². The van der Waals surface area contributed by atoms with Gasteiger partial charge in [-0.15, -0.1) is 0 Å². The fraction of sp³-hybridized carbons (Fsp3) is 0.609. The summed E-state index contributed by atoms with van der Waals surface area (Å²) in [6.07, 6.45) is -1.19. The maximum atomic E-state index is 13.3. The minimum absolute atomic E-state index is 0.0803. The molecule has 2 amide bonds. The van der Waals surface area contributed by atoms with Crippen LogP contribution < -0.4 is 4.90 Å². The second-order valence-electron chi connectivity index (χ2n) is 11.0. The van der Waals surface area contributed by atoms with Crippen LogP contribution in [0.25, 0.3) is 0 Å². The third-order valence-corrected chi connectivity index (χ3v) is 6.87. The molecule has 0 aromatic heterocycles. The lowest BCUT2D eigenvalue weighted by atomic mass is 9.57. The van der Waals surface area contributed by atoms with E-state index in [1.165, 1.54) is 0 Å². The molecule has 170 valence electrons. The summed E-state index contributed by atoms with van der Waals surface area (Å²) < 4.78 is 0. The first kappa shape index (κ1) is 23.4. The van der Waals surface area contributed by atoms with Crippen LogP contribution in [0.1, 0.15) is 48.0 Å². The van der Waals surface area contributed by atoms with Crippen molar-refractivity contribution in [2.45, 2.75) is 60.0 Å². The predicted octanol–water partition coefficient (Wildman–Crippen LogP) is 4.59. The van der Waals surface area contributed by atoms with Crippen molar-refractivity contribution in [2.24, 2.45) is 22.2 Å². The van der Waals surface area contributed by atoms with Crippen LogP contribution in [0.4, 0.5) is 10.5 Å². The van der Waals surface area contributed by atoms with Gasteiger partial charge in [0.2, 0.25) is 5.91 Å². The summed E-state index contributed by atoms with van der Waals surface area (Å²) in [6, 6.07) is 5.08. The van der Waals surface area contributed by atoms with E-state index in [1.54, 1.807) is 29.2 Å². The molecule has 2 aliphatic rings. The van der Waals surface area contributed by atoms with E-state index in [-0.39, 0.29) is 18.9 Å². The molecule has 0 saturated carbocycles. The molecule has 0 bridgehead atoms.